The zero-order valence-electron chi connectivity index (χ0n) is 10.4. The van der Waals surface area contributed by atoms with Gasteiger partial charge in [0, 0.05) is 12.6 Å². The minimum atomic E-state index is 0.401. The maximum absolute atomic E-state index is 4.55. The van der Waals surface area contributed by atoms with E-state index in [1.165, 1.54) is 17.8 Å². The van der Waals surface area contributed by atoms with Gasteiger partial charge in [0.05, 0.1) is 11.4 Å². The zero-order chi connectivity index (χ0) is 11.3. The molecule has 0 bridgehead atoms. The Morgan fingerprint density at radius 3 is 2.67 bits per heavy atom. The van der Waals surface area contributed by atoms with E-state index in [0.29, 0.717) is 6.04 Å². The largest absolute Gasteiger partial charge is 0.309 e. The molecule has 3 heteroatoms. The van der Waals surface area contributed by atoms with Crippen LogP contribution in [0.1, 0.15) is 51.5 Å². The summed E-state index contributed by atoms with van der Waals surface area (Å²) < 4.78 is 2.10. The maximum atomic E-state index is 4.55. The monoisotopic (exact) mass is 209 g/mol. The van der Waals surface area contributed by atoms with E-state index in [2.05, 4.69) is 48.9 Å². The molecular weight excluding hydrogens is 186 g/mol. The number of nitrogens with one attached hydrogen (secondary N) is 1. The van der Waals surface area contributed by atoms with Gasteiger partial charge in [-0.1, -0.05) is 13.8 Å². The van der Waals surface area contributed by atoms with Crippen LogP contribution in [0.2, 0.25) is 0 Å². The van der Waals surface area contributed by atoms with E-state index in [1.54, 1.807) is 0 Å². The molecule has 0 aliphatic carbocycles. The average molecular weight is 209 g/mol. The summed E-state index contributed by atoms with van der Waals surface area (Å²) in [6.07, 6.45) is 2.19. The molecule has 1 aromatic rings. The van der Waals surface area contributed by atoms with Gasteiger partial charge < -0.3 is 5.32 Å². The van der Waals surface area contributed by atoms with Crippen molar-refractivity contribution < 1.29 is 0 Å². The maximum Gasteiger partial charge on any atom is 0.0625 e. The molecule has 1 rings (SSSR count). The molecule has 0 saturated heterocycles. The molecule has 86 valence electrons. The van der Waals surface area contributed by atoms with E-state index >= 15 is 0 Å². The summed E-state index contributed by atoms with van der Waals surface area (Å²) in [5.41, 5.74) is 2.50. The van der Waals surface area contributed by atoms with Crippen molar-refractivity contribution in [3.05, 3.63) is 17.5 Å². The van der Waals surface area contributed by atoms with Crippen molar-refractivity contribution >= 4 is 0 Å². The summed E-state index contributed by atoms with van der Waals surface area (Å²) >= 11 is 0. The first-order valence-corrected chi connectivity index (χ1v) is 6.02. The van der Waals surface area contributed by atoms with Gasteiger partial charge in [0.15, 0.2) is 0 Å². The van der Waals surface area contributed by atoms with Gasteiger partial charge in [-0.2, -0.15) is 5.10 Å². The van der Waals surface area contributed by atoms with Gasteiger partial charge in [-0.05, 0) is 39.3 Å². The molecule has 1 aromatic heterocycles. The SMILES string of the molecule is CCCNC(C)c1cc(CC)nn1CC. The second-order valence-corrected chi connectivity index (χ2v) is 3.91. The molecule has 0 spiro atoms. The quantitative estimate of drug-likeness (QED) is 0.780. The van der Waals surface area contributed by atoms with E-state index in [4.69, 9.17) is 0 Å². The van der Waals surface area contributed by atoms with Crippen LogP contribution in [0.3, 0.4) is 0 Å². The van der Waals surface area contributed by atoms with Crippen molar-refractivity contribution in [3.8, 4) is 0 Å². The molecular formula is C12H23N3. The summed E-state index contributed by atoms with van der Waals surface area (Å²) in [4.78, 5) is 0. The van der Waals surface area contributed by atoms with Crippen molar-refractivity contribution in [2.24, 2.45) is 0 Å². The molecule has 1 atom stereocenters. The minimum Gasteiger partial charge on any atom is -0.309 e. The van der Waals surface area contributed by atoms with Gasteiger partial charge >= 0.3 is 0 Å². The van der Waals surface area contributed by atoms with Gasteiger partial charge in [0.1, 0.15) is 0 Å². The smallest absolute Gasteiger partial charge is 0.0625 e. The first-order chi connectivity index (χ1) is 7.22. The Balaban J connectivity index is 2.76. The fraction of sp³-hybridized carbons (Fsp3) is 0.750. The van der Waals surface area contributed by atoms with Crippen LogP contribution in [0.4, 0.5) is 0 Å². The van der Waals surface area contributed by atoms with Gasteiger partial charge in [-0.15, -0.1) is 0 Å². The summed E-state index contributed by atoms with van der Waals surface area (Å²) in [6.45, 7) is 10.7. The number of nitrogens with zero attached hydrogens (tertiary/aromatic N) is 2. The van der Waals surface area contributed by atoms with Crippen LogP contribution in [0.15, 0.2) is 6.07 Å². The van der Waals surface area contributed by atoms with Crippen molar-refractivity contribution in [2.75, 3.05) is 6.54 Å². The van der Waals surface area contributed by atoms with Gasteiger partial charge in [0.25, 0.3) is 0 Å². The molecule has 0 aliphatic heterocycles. The van der Waals surface area contributed by atoms with Crippen molar-refractivity contribution in [1.82, 2.24) is 15.1 Å². The molecule has 3 nitrogen and oxygen atoms in total. The van der Waals surface area contributed by atoms with Crippen LogP contribution in [0.25, 0.3) is 0 Å². The highest BCUT2D eigenvalue weighted by molar-refractivity contribution is 5.13. The molecule has 0 aliphatic rings. The summed E-state index contributed by atoms with van der Waals surface area (Å²) in [5.74, 6) is 0. The van der Waals surface area contributed by atoms with Gasteiger partial charge in [-0.3, -0.25) is 4.68 Å². The second-order valence-electron chi connectivity index (χ2n) is 3.91. The Morgan fingerprint density at radius 2 is 2.13 bits per heavy atom. The Labute approximate surface area is 92.9 Å². The lowest BCUT2D eigenvalue weighted by Gasteiger charge is -2.14. The molecule has 0 amide bonds. The number of aromatic nitrogens is 2. The first kappa shape index (κ1) is 12.2. The summed E-state index contributed by atoms with van der Waals surface area (Å²) in [7, 11) is 0. The van der Waals surface area contributed by atoms with E-state index in [9.17, 15) is 0 Å². The zero-order valence-corrected chi connectivity index (χ0v) is 10.4. The van der Waals surface area contributed by atoms with Gasteiger partial charge in [0.2, 0.25) is 0 Å². The Morgan fingerprint density at radius 1 is 1.40 bits per heavy atom. The van der Waals surface area contributed by atoms with Gasteiger partial charge in [-0.25, -0.2) is 0 Å². The van der Waals surface area contributed by atoms with Crippen LogP contribution < -0.4 is 5.32 Å². The van der Waals surface area contributed by atoms with Crippen molar-refractivity contribution in [3.63, 3.8) is 0 Å². The van der Waals surface area contributed by atoms with E-state index in [0.717, 1.165) is 19.5 Å². The lowest BCUT2D eigenvalue weighted by Crippen LogP contribution is -2.22. The molecule has 0 saturated carbocycles. The molecule has 0 radical (unpaired) electrons. The van der Waals surface area contributed by atoms with Crippen molar-refractivity contribution in [2.45, 2.75) is 53.1 Å². The highest BCUT2D eigenvalue weighted by Gasteiger charge is 2.11. The lowest BCUT2D eigenvalue weighted by molar-refractivity contribution is 0.508. The van der Waals surface area contributed by atoms with E-state index in [-0.39, 0.29) is 0 Å². The predicted molar refractivity (Wildman–Crippen MR) is 64.0 cm³/mol. The highest BCUT2D eigenvalue weighted by Crippen LogP contribution is 2.14. The number of hydrogen-bond donors (Lipinski definition) is 1. The van der Waals surface area contributed by atoms with Crippen LogP contribution >= 0.6 is 0 Å². The highest BCUT2D eigenvalue weighted by atomic mass is 15.3. The standard InChI is InChI=1S/C12H23N3/c1-5-8-13-10(4)12-9-11(6-2)14-15(12)7-3/h9-10,13H,5-8H2,1-4H3. The fourth-order valence-electron chi connectivity index (χ4n) is 1.73. The third-order valence-electron chi connectivity index (χ3n) is 2.67. The van der Waals surface area contributed by atoms with Crippen LogP contribution in [-0.2, 0) is 13.0 Å². The topological polar surface area (TPSA) is 29.9 Å². The molecule has 0 fully saturated rings. The summed E-state index contributed by atoms with van der Waals surface area (Å²) in [5, 5.41) is 8.05. The van der Waals surface area contributed by atoms with Crippen LogP contribution in [0, 0.1) is 0 Å². The molecule has 1 heterocycles. The molecule has 1 N–H and O–H groups in total. The molecule has 1 unspecified atom stereocenters. The first-order valence-electron chi connectivity index (χ1n) is 6.02. The van der Waals surface area contributed by atoms with Crippen LogP contribution in [0.5, 0.6) is 0 Å². The number of aryl methyl sites for hydroxylation is 2. The van der Waals surface area contributed by atoms with Crippen molar-refractivity contribution in [1.29, 1.82) is 0 Å². The minimum absolute atomic E-state index is 0.401. The Kier molecular flexibility index (Phi) is 4.82. The molecule has 15 heavy (non-hydrogen) atoms. The molecule has 0 aromatic carbocycles. The van der Waals surface area contributed by atoms with E-state index < -0.39 is 0 Å². The number of hydrogen-bond acceptors (Lipinski definition) is 2. The third-order valence-corrected chi connectivity index (χ3v) is 2.67. The van der Waals surface area contributed by atoms with E-state index in [1.807, 2.05) is 0 Å². The third kappa shape index (κ3) is 3.06. The second kappa shape index (κ2) is 5.91. The fourth-order valence-corrected chi connectivity index (χ4v) is 1.73. The summed E-state index contributed by atoms with van der Waals surface area (Å²) in [6, 6.07) is 2.62. The average Bonchev–Trinajstić information content (AvgIpc) is 2.69. The Bertz CT molecular complexity index is 291. The Hall–Kier alpha value is -0.830. The normalized spacial score (nSPS) is 13.1. The van der Waals surface area contributed by atoms with Crippen LogP contribution in [-0.4, -0.2) is 16.3 Å². The lowest BCUT2D eigenvalue weighted by atomic mass is 10.2. The predicted octanol–water partition coefficient (Wildman–Crippen LogP) is 2.53. The number of rotatable bonds is 6.